The second-order valence-electron chi connectivity index (χ2n) is 7.11. The summed E-state index contributed by atoms with van der Waals surface area (Å²) >= 11 is 0. The molecule has 1 atom stereocenters. The number of hydrogen-bond acceptors (Lipinski definition) is 5. The predicted molar refractivity (Wildman–Crippen MR) is 104 cm³/mol. The molecule has 0 radical (unpaired) electrons. The van der Waals surface area contributed by atoms with E-state index in [4.69, 9.17) is 0 Å². The molecule has 0 saturated carbocycles. The fraction of sp³-hybridized carbons (Fsp3) is 0.421. The van der Waals surface area contributed by atoms with Crippen LogP contribution in [0.5, 0.6) is 0 Å². The maximum atomic E-state index is 11.6. The molecule has 0 aliphatic heterocycles. The molecule has 0 fully saturated rings. The number of amides is 1. The Morgan fingerprint density at radius 3 is 2.55 bits per heavy atom. The predicted octanol–water partition coefficient (Wildman–Crippen LogP) is 2.86. The zero-order valence-electron chi connectivity index (χ0n) is 16.3. The molecule has 156 valence electrons. The van der Waals surface area contributed by atoms with Crippen LogP contribution in [0.15, 0.2) is 36.8 Å². The minimum Gasteiger partial charge on any atom is -0.480 e. The van der Waals surface area contributed by atoms with Gasteiger partial charge in [-0.05, 0) is 12.3 Å². The van der Waals surface area contributed by atoms with Gasteiger partial charge < -0.3 is 14.8 Å². The first-order valence-electron chi connectivity index (χ1n) is 9.14. The third kappa shape index (κ3) is 5.77. The van der Waals surface area contributed by atoms with Crippen LogP contribution in [-0.2, 0) is 17.8 Å². The summed E-state index contributed by atoms with van der Waals surface area (Å²) in [5, 5.41) is 30.2. The Hall–Kier alpha value is -3.43. The summed E-state index contributed by atoms with van der Waals surface area (Å²) in [4.78, 5) is 38.9. The smallest absolute Gasteiger partial charge is 0.408 e. The van der Waals surface area contributed by atoms with Gasteiger partial charge in [0.15, 0.2) is 0 Å². The number of hydrogen-bond donors (Lipinski definition) is 2. The molecule has 10 heteroatoms. The van der Waals surface area contributed by atoms with Crippen molar-refractivity contribution in [3.63, 3.8) is 0 Å². The van der Waals surface area contributed by atoms with Crippen LogP contribution >= 0.6 is 0 Å². The molecular formula is C19H24N4O6. The summed E-state index contributed by atoms with van der Waals surface area (Å²) in [6.07, 6.45) is 2.20. The topological polar surface area (TPSA) is 139 Å². The van der Waals surface area contributed by atoms with Crippen LogP contribution in [-0.4, -0.2) is 54.2 Å². The molecule has 1 heterocycles. The van der Waals surface area contributed by atoms with Gasteiger partial charge >= 0.3 is 12.1 Å². The minimum absolute atomic E-state index is 0.0119. The van der Waals surface area contributed by atoms with E-state index in [0.29, 0.717) is 11.3 Å². The number of imidazole rings is 1. The summed E-state index contributed by atoms with van der Waals surface area (Å²) in [5.41, 5.74) is 1.14. The molecule has 1 aromatic heterocycles. The van der Waals surface area contributed by atoms with Crippen LogP contribution in [0.4, 0.5) is 10.5 Å². The van der Waals surface area contributed by atoms with E-state index in [0.717, 1.165) is 4.90 Å². The van der Waals surface area contributed by atoms with Gasteiger partial charge in [-0.2, -0.15) is 0 Å². The third-order valence-electron chi connectivity index (χ3n) is 4.54. The Labute approximate surface area is 167 Å². The molecule has 1 unspecified atom stereocenters. The van der Waals surface area contributed by atoms with Gasteiger partial charge in [0.1, 0.15) is 6.04 Å². The molecule has 0 saturated heterocycles. The molecule has 0 spiro atoms. The van der Waals surface area contributed by atoms with Crippen molar-refractivity contribution in [1.82, 2.24) is 14.5 Å². The summed E-state index contributed by atoms with van der Waals surface area (Å²) in [6.45, 7) is 3.84. The van der Waals surface area contributed by atoms with E-state index in [1.54, 1.807) is 29.0 Å². The highest BCUT2D eigenvalue weighted by atomic mass is 16.6. The van der Waals surface area contributed by atoms with Gasteiger partial charge in [-0.15, -0.1) is 0 Å². The molecule has 29 heavy (non-hydrogen) atoms. The number of carboxylic acids is 1. The van der Waals surface area contributed by atoms with Gasteiger partial charge in [0.2, 0.25) is 0 Å². The number of carboxylic acid groups (broad SMARTS) is 2. The number of para-hydroxylation sites is 1. The normalized spacial score (nSPS) is 12.0. The number of rotatable bonds is 10. The van der Waals surface area contributed by atoms with E-state index in [9.17, 15) is 29.9 Å². The largest absolute Gasteiger partial charge is 0.480 e. The molecule has 1 aromatic carbocycles. The first-order chi connectivity index (χ1) is 13.7. The molecule has 2 rings (SSSR count). The lowest BCUT2D eigenvalue weighted by Gasteiger charge is -2.27. The van der Waals surface area contributed by atoms with Crippen LogP contribution in [0.25, 0.3) is 0 Å². The molecule has 2 aromatic rings. The van der Waals surface area contributed by atoms with Gasteiger partial charge in [-0.1, -0.05) is 32.0 Å². The first kappa shape index (κ1) is 21.9. The van der Waals surface area contributed by atoms with E-state index in [1.807, 2.05) is 13.8 Å². The molecular weight excluding hydrogens is 380 g/mol. The van der Waals surface area contributed by atoms with E-state index in [2.05, 4.69) is 4.98 Å². The number of nitro benzene ring substituents is 1. The van der Waals surface area contributed by atoms with E-state index < -0.39 is 23.0 Å². The average Bonchev–Trinajstić information content (AvgIpc) is 3.07. The number of aromatic nitrogens is 2. The lowest BCUT2D eigenvalue weighted by atomic mass is 10.0. The summed E-state index contributed by atoms with van der Waals surface area (Å²) in [6, 6.07) is 5.21. The van der Waals surface area contributed by atoms with Gasteiger partial charge in [0.05, 0.1) is 17.8 Å². The van der Waals surface area contributed by atoms with Gasteiger partial charge in [-0.25, -0.2) is 14.6 Å². The Balaban J connectivity index is 2.17. The molecule has 1 amide bonds. The summed E-state index contributed by atoms with van der Waals surface area (Å²) in [5.74, 6) is -1.17. The average molecular weight is 404 g/mol. The van der Waals surface area contributed by atoms with Crippen molar-refractivity contribution < 1.29 is 24.7 Å². The monoisotopic (exact) mass is 404 g/mol. The zero-order valence-corrected chi connectivity index (χ0v) is 16.3. The van der Waals surface area contributed by atoms with Crippen molar-refractivity contribution in [3.05, 3.63) is 58.2 Å². The fourth-order valence-electron chi connectivity index (χ4n) is 3.13. The van der Waals surface area contributed by atoms with E-state index in [1.165, 1.54) is 12.4 Å². The number of carbonyl (C=O) groups is 2. The third-order valence-corrected chi connectivity index (χ3v) is 4.54. The second-order valence-corrected chi connectivity index (χ2v) is 7.11. The first-order valence-corrected chi connectivity index (χ1v) is 9.14. The Morgan fingerprint density at radius 2 is 1.97 bits per heavy atom. The van der Waals surface area contributed by atoms with Crippen molar-refractivity contribution in [2.24, 2.45) is 5.92 Å². The van der Waals surface area contributed by atoms with Crippen molar-refractivity contribution in [2.45, 2.75) is 39.3 Å². The van der Waals surface area contributed by atoms with Crippen LogP contribution in [0.3, 0.4) is 0 Å². The van der Waals surface area contributed by atoms with Crippen molar-refractivity contribution >= 4 is 17.7 Å². The maximum absolute atomic E-state index is 11.6. The van der Waals surface area contributed by atoms with Crippen molar-refractivity contribution in [3.8, 4) is 0 Å². The number of nitro groups is 1. The highest BCUT2D eigenvalue weighted by Gasteiger charge is 2.30. The number of benzene rings is 1. The van der Waals surface area contributed by atoms with Gasteiger partial charge in [0, 0.05) is 36.5 Å². The van der Waals surface area contributed by atoms with Gasteiger partial charge in [-0.3, -0.25) is 15.0 Å². The molecule has 0 aliphatic carbocycles. The van der Waals surface area contributed by atoms with Crippen LogP contribution in [0.1, 0.15) is 31.5 Å². The fourth-order valence-corrected chi connectivity index (χ4v) is 3.13. The summed E-state index contributed by atoms with van der Waals surface area (Å²) < 4.78 is 1.70. The highest BCUT2D eigenvalue weighted by Crippen LogP contribution is 2.20. The van der Waals surface area contributed by atoms with E-state index >= 15 is 0 Å². The Bertz CT molecular complexity index is 879. The quantitative estimate of drug-likeness (QED) is 0.458. The standard InChI is InChI=1S/C19H24N4O6/c1-13(2)9-17(18(24)25)22(19(26)27)8-7-15-10-20-12-21(15)11-14-5-3-4-6-16(14)23(28)29/h3-6,10,12-13,17H,7-9,11H2,1-2H3,(H,24,25)(H,26,27). The maximum Gasteiger partial charge on any atom is 0.408 e. The Kier molecular flexibility index (Phi) is 7.29. The lowest BCUT2D eigenvalue weighted by molar-refractivity contribution is -0.385. The zero-order chi connectivity index (χ0) is 21.6. The summed E-state index contributed by atoms with van der Waals surface area (Å²) in [7, 11) is 0. The number of aliphatic carboxylic acids is 1. The van der Waals surface area contributed by atoms with Crippen molar-refractivity contribution in [2.75, 3.05) is 6.54 Å². The number of nitrogens with zero attached hydrogens (tertiary/aromatic N) is 4. The van der Waals surface area contributed by atoms with E-state index in [-0.39, 0.29) is 37.5 Å². The molecule has 0 bridgehead atoms. The van der Waals surface area contributed by atoms with Crippen molar-refractivity contribution in [1.29, 1.82) is 0 Å². The lowest BCUT2D eigenvalue weighted by Crippen LogP contribution is -2.46. The molecule has 10 nitrogen and oxygen atoms in total. The molecule has 0 aliphatic rings. The minimum atomic E-state index is -1.30. The van der Waals surface area contributed by atoms with Crippen LogP contribution < -0.4 is 0 Å². The van der Waals surface area contributed by atoms with Crippen LogP contribution in [0.2, 0.25) is 0 Å². The SMILES string of the molecule is CC(C)CC(C(=O)O)N(CCc1cncn1Cc1ccccc1[N+](=O)[O-])C(=O)O. The highest BCUT2D eigenvalue weighted by molar-refractivity contribution is 5.79. The Morgan fingerprint density at radius 1 is 1.28 bits per heavy atom. The van der Waals surface area contributed by atoms with Gasteiger partial charge in [0.25, 0.3) is 5.69 Å². The molecule has 2 N–H and O–H groups in total. The second kappa shape index (κ2) is 9.67. The van der Waals surface area contributed by atoms with Crippen LogP contribution in [0, 0.1) is 16.0 Å².